The molecule has 0 fully saturated rings. The number of phenols is 2. The summed E-state index contributed by atoms with van der Waals surface area (Å²) in [6.45, 7) is 1.83. The Bertz CT molecular complexity index is 1300. The van der Waals surface area contributed by atoms with Gasteiger partial charge in [0.1, 0.15) is 29.2 Å². The Balaban J connectivity index is 2.24. The van der Waals surface area contributed by atoms with Gasteiger partial charge in [0.15, 0.2) is 23.5 Å². The highest BCUT2D eigenvalue weighted by molar-refractivity contribution is 6.02. The van der Waals surface area contributed by atoms with Gasteiger partial charge in [0.05, 0.1) is 11.1 Å². The molecule has 1 aliphatic heterocycles. The smallest absolute Gasteiger partial charge is 0.347 e. The van der Waals surface area contributed by atoms with Crippen molar-refractivity contribution in [1.82, 2.24) is 0 Å². The van der Waals surface area contributed by atoms with Crippen LogP contribution in [-0.2, 0) is 20.9 Å². The Morgan fingerprint density at radius 1 is 1.03 bits per heavy atom. The molecule has 1 heterocycles. The molecule has 0 bridgehead atoms. The van der Waals surface area contributed by atoms with Crippen molar-refractivity contribution in [2.45, 2.75) is 20.5 Å². The SMILES string of the molecule is Cc1cc(O)c(C=O)c2c1C(=O)Oc1c(COC(=O)/C=C\C(=O)O)c(O)c(C(=O)O)c(C)c1O2. The summed E-state index contributed by atoms with van der Waals surface area (Å²) >= 11 is 0. The van der Waals surface area contributed by atoms with E-state index in [1.54, 1.807) is 0 Å². The van der Waals surface area contributed by atoms with Gasteiger partial charge < -0.3 is 34.6 Å². The Hall–Kier alpha value is -4.87. The molecule has 176 valence electrons. The van der Waals surface area contributed by atoms with Gasteiger partial charge in [-0.05, 0) is 25.5 Å². The lowest BCUT2D eigenvalue weighted by Crippen LogP contribution is -2.13. The average Bonchev–Trinajstić information content (AvgIpc) is 2.89. The van der Waals surface area contributed by atoms with Crippen LogP contribution in [0.2, 0.25) is 0 Å². The Morgan fingerprint density at radius 3 is 2.29 bits per heavy atom. The molecule has 1 aliphatic rings. The molecule has 12 heteroatoms. The maximum atomic E-state index is 12.9. The average molecular weight is 472 g/mol. The van der Waals surface area contributed by atoms with Crippen molar-refractivity contribution in [1.29, 1.82) is 0 Å². The molecular formula is C22H16O12. The van der Waals surface area contributed by atoms with Crippen molar-refractivity contribution in [3.8, 4) is 28.7 Å². The van der Waals surface area contributed by atoms with Gasteiger partial charge in [-0.3, -0.25) is 4.79 Å². The van der Waals surface area contributed by atoms with Gasteiger partial charge in [-0.25, -0.2) is 19.2 Å². The summed E-state index contributed by atoms with van der Waals surface area (Å²) < 4.78 is 15.9. The first-order valence-electron chi connectivity index (χ1n) is 9.39. The van der Waals surface area contributed by atoms with Crippen molar-refractivity contribution in [2.24, 2.45) is 0 Å². The van der Waals surface area contributed by atoms with Crippen molar-refractivity contribution < 1.29 is 58.6 Å². The number of aliphatic carboxylic acids is 1. The molecule has 0 aliphatic carbocycles. The van der Waals surface area contributed by atoms with Gasteiger partial charge in [0.2, 0.25) is 0 Å². The molecule has 2 aromatic carbocycles. The van der Waals surface area contributed by atoms with Crippen LogP contribution in [-0.4, -0.2) is 50.6 Å². The number of carbonyl (C=O) groups excluding carboxylic acids is 3. The van der Waals surface area contributed by atoms with E-state index in [1.165, 1.54) is 13.8 Å². The molecule has 12 nitrogen and oxygen atoms in total. The molecule has 0 amide bonds. The number of esters is 2. The van der Waals surface area contributed by atoms with E-state index < -0.39 is 70.2 Å². The molecule has 0 aromatic heterocycles. The zero-order valence-electron chi connectivity index (χ0n) is 17.6. The van der Waals surface area contributed by atoms with Crippen molar-refractivity contribution >= 4 is 30.2 Å². The van der Waals surface area contributed by atoms with Gasteiger partial charge in [-0.1, -0.05) is 0 Å². The van der Waals surface area contributed by atoms with Crippen LogP contribution in [0.1, 0.15) is 47.8 Å². The van der Waals surface area contributed by atoms with Crippen molar-refractivity contribution in [3.63, 3.8) is 0 Å². The van der Waals surface area contributed by atoms with E-state index in [4.69, 9.17) is 19.3 Å². The van der Waals surface area contributed by atoms with Gasteiger partial charge in [0, 0.05) is 17.7 Å². The van der Waals surface area contributed by atoms with Gasteiger partial charge >= 0.3 is 23.9 Å². The maximum Gasteiger partial charge on any atom is 0.347 e. The first kappa shape index (κ1) is 23.8. The van der Waals surface area contributed by atoms with Crippen LogP contribution in [0.4, 0.5) is 0 Å². The fourth-order valence-corrected chi connectivity index (χ4v) is 3.32. The van der Waals surface area contributed by atoms with Crippen LogP contribution < -0.4 is 9.47 Å². The molecule has 34 heavy (non-hydrogen) atoms. The summed E-state index contributed by atoms with van der Waals surface area (Å²) in [5.41, 5.74) is -1.80. The number of ether oxygens (including phenoxy) is 3. The molecule has 2 aromatic rings. The van der Waals surface area contributed by atoms with Crippen molar-refractivity contribution in [3.05, 3.63) is 51.6 Å². The topological polar surface area (TPSA) is 194 Å². The fraction of sp³-hybridized carbons (Fsp3) is 0.136. The second-order valence-corrected chi connectivity index (χ2v) is 7.01. The number of aryl methyl sites for hydroxylation is 1. The van der Waals surface area contributed by atoms with E-state index >= 15 is 0 Å². The standard InChI is InChI=1S/C22H16O12/c1-8-5-12(24)10(6-23)19-15(8)22(31)34-20-11(7-32-14(27)4-3-13(25)26)17(28)16(21(29)30)9(2)18(20)33-19/h3-6,24,28H,7H2,1-2H3,(H,25,26)(H,29,30)/b4-3-. The van der Waals surface area contributed by atoms with Gasteiger partial charge in [-0.15, -0.1) is 0 Å². The molecule has 0 saturated carbocycles. The second kappa shape index (κ2) is 8.94. The summed E-state index contributed by atoms with van der Waals surface area (Å²) in [4.78, 5) is 58.6. The summed E-state index contributed by atoms with van der Waals surface area (Å²) in [5, 5.41) is 38.9. The molecule has 0 radical (unpaired) electrons. The molecule has 0 spiro atoms. The largest absolute Gasteiger partial charge is 0.507 e. The maximum absolute atomic E-state index is 12.9. The predicted octanol–water partition coefficient (Wildman–Crippen LogP) is 2.23. The lowest BCUT2D eigenvalue weighted by atomic mass is 10.0. The number of hydrogen-bond acceptors (Lipinski definition) is 10. The third-order valence-corrected chi connectivity index (χ3v) is 4.87. The number of hydrogen-bond donors (Lipinski definition) is 4. The van der Waals surface area contributed by atoms with Gasteiger partial charge in [-0.2, -0.15) is 0 Å². The van der Waals surface area contributed by atoms with E-state index in [9.17, 15) is 39.3 Å². The number of aldehydes is 1. The Morgan fingerprint density at radius 2 is 1.71 bits per heavy atom. The zero-order valence-corrected chi connectivity index (χ0v) is 17.6. The molecule has 0 saturated heterocycles. The minimum absolute atomic E-state index is 0.169. The van der Waals surface area contributed by atoms with E-state index in [0.29, 0.717) is 12.2 Å². The lowest BCUT2D eigenvalue weighted by Gasteiger charge is -2.18. The lowest BCUT2D eigenvalue weighted by molar-refractivity contribution is -0.139. The van der Waals surface area contributed by atoms with Crippen LogP contribution in [0.25, 0.3) is 0 Å². The zero-order chi connectivity index (χ0) is 25.3. The third kappa shape index (κ3) is 4.11. The molecule has 4 N–H and O–H groups in total. The van der Waals surface area contributed by atoms with E-state index in [1.807, 2.05) is 0 Å². The van der Waals surface area contributed by atoms with E-state index in [0.717, 1.165) is 6.07 Å². The first-order chi connectivity index (χ1) is 16.0. The Labute approximate surface area is 190 Å². The minimum atomic E-state index is -1.60. The van der Waals surface area contributed by atoms with Crippen LogP contribution in [0.15, 0.2) is 18.2 Å². The van der Waals surface area contributed by atoms with Crippen molar-refractivity contribution in [2.75, 3.05) is 0 Å². The number of aromatic hydroxyl groups is 2. The quantitative estimate of drug-likeness (QED) is 0.207. The monoisotopic (exact) mass is 472 g/mol. The summed E-state index contributed by atoms with van der Waals surface area (Å²) in [6, 6.07) is 1.13. The number of carbonyl (C=O) groups is 5. The molecule has 3 rings (SSSR count). The number of phenolic OH excluding ortho intramolecular Hbond substituents is 1. The molecular weight excluding hydrogens is 456 g/mol. The Kier molecular flexibility index (Phi) is 6.25. The second-order valence-electron chi connectivity index (χ2n) is 7.01. The van der Waals surface area contributed by atoms with E-state index in [2.05, 4.69) is 0 Å². The number of aromatic carboxylic acids is 1. The highest BCUT2D eigenvalue weighted by atomic mass is 16.6. The molecule has 0 unspecified atom stereocenters. The normalized spacial score (nSPS) is 12.1. The summed E-state index contributed by atoms with van der Waals surface area (Å²) in [5.74, 6) is -7.91. The number of carboxylic acids is 2. The number of rotatable bonds is 6. The van der Waals surface area contributed by atoms with Crippen LogP contribution in [0, 0.1) is 13.8 Å². The minimum Gasteiger partial charge on any atom is -0.507 e. The molecule has 0 atom stereocenters. The van der Waals surface area contributed by atoms with Crippen LogP contribution in [0.3, 0.4) is 0 Å². The van der Waals surface area contributed by atoms with Crippen LogP contribution in [0.5, 0.6) is 28.7 Å². The summed E-state index contributed by atoms with van der Waals surface area (Å²) in [6.07, 6.45) is 1.30. The fourth-order valence-electron chi connectivity index (χ4n) is 3.32. The predicted molar refractivity (Wildman–Crippen MR) is 110 cm³/mol. The number of fused-ring (bicyclic) bond motifs is 2. The highest BCUT2D eigenvalue weighted by Crippen LogP contribution is 2.50. The third-order valence-electron chi connectivity index (χ3n) is 4.87. The summed E-state index contributed by atoms with van der Waals surface area (Å²) in [7, 11) is 0. The highest BCUT2D eigenvalue weighted by Gasteiger charge is 2.35. The number of benzene rings is 2. The van der Waals surface area contributed by atoms with E-state index in [-0.39, 0.29) is 28.7 Å². The number of carboxylic acid groups (broad SMARTS) is 2. The first-order valence-corrected chi connectivity index (χ1v) is 9.39. The van der Waals surface area contributed by atoms with Gasteiger partial charge in [0.25, 0.3) is 0 Å². The van der Waals surface area contributed by atoms with Crippen LogP contribution >= 0.6 is 0 Å².